The van der Waals surface area contributed by atoms with Gasteiger partial charge in [-0.25, -0.2) is 0 Å². The van der Waals surface area contributed by atoms with Crippen LogP contribution in [0, 0.1) is 5.92 Å². The van der Waals surface area contributed by atoms with E-state index >= 15 is 0 Å². The molecule has 1 atom stereocenters. The van der Waals surface area contributed by atoms with Gasteiger partial charge in [-0.3, -0.25) is 4.79 Å². The number of hydrogen-bond donors (Lipinski definition) is 1. The van der Waals surface area contributed by atoms with E-state index in [9.17, 15) is 4.79 Å². The predicted octanol–water partition coefficient (Wildman–Crippen LogP) is 1.84. The molecule has 190 valence electrons. The molecule has 0 aromatic rings. The average molecular weight is 464 g/mol. The maximum atomic E-state index is 10.9. The monoisotopic (exact) mass is 463 g/mol. The molecule has 1 unspecified atom stereocenters. The first kappa shape index (κ1) is 30.9. The predicted molar refractivity (Wildman–Crippen MR) is 123 cm³/mol. The summed E-state index contributed by atoms with van der Waals surface area (Å²) in [5, 5.41) is 2.63. The van der Waals surface area contributed by atoms with Crippen molar-refractivity contribution in [2.45, 2.75) is 33.3 Å². The third-order valence-electron chi connectivity index (χ3n) is 4.02. The second kappa shape index (κ2) is 24.6. The number of nitrogens with one attached hydrogen (secondary N) is 1. The van der Waals surface area contributed by atoms with Gasteiger partial charge in [0.15, 0.2) is 0 Å². The quantitative estimate of drug-likeness (QED) is 0.162. The molecule has 9 nitrogen and oxygen atoms in total. The Morgan fingerprint density at radius 1 is 0.688 bits per heavy atom. The van der Waals surface area contributed by atoms with E-state index in [1.807, 2.05) is 0 Å². The number of ether oxygens (including phenoxy) is 7. The zero-order valence-corrected chi connectivity index (χ0v) is 20.3. The van der Waals surface area contributed by atoms with Crippen molar-refractivity contribution >= 4 is 5.91 Å². The van der Waals surface area contributed by atoms with Crippen LogP contribution in [0.4, 0.5) is 0 Å². The molecule has 32 heavy (non-hydrogen) atoms. The largest absolute Gasteiger partial charge is 0.377 e. The molecule has 0 saturated carbocycles. The highest BCUT2D eigenvalue weighted by molar-refractivity contribution is 5.86. The highest BCUT2D eigenvalue weighted by atomic mass is 16.6. The first-order chi connectivity index (χ1) is 15.6. The number of carbonyl (C=O) groups excluding carboxylic acids is 1. The van der Waals surface area contributed by atoms with Gasteiger partial charge in [0.25, 0.3) is 0 Å². The van der Waals surface area contributed by atoms with Gasteiger partial charge in [-0.1, -0.05) is 20.4 Å². The second-order valence-electron chi connectivity index (χ2n) is 7.48. The summed E-state index contributed by atoms with van der Waals surface area (Å²) in [6.45, 7) is 17.1. The zero-order valence-electron chi connectivity index (χ0n) is 20.3. The van der Waals surface area contributed by atoms with Crippen molar-refractivity contribution in [3.05, 3.63) is 12.7 Å². The molecule has 0 fully saturated rings. The smallest absolute Gasteiger partial charge is 0.243 e. The normalized spacial score (nSPS) is 12.2. The summed E-state index contributed by atoms with van der Waals surface area (Å²) in [4.78, 5) is 10.9. The summed E-state index contributed by atoms with van der Waals surface area (Å²) < 4.78 is 38.2. The molecular weight excluding hydrogens is 418 g/mol. The molecule has 0 aliphatic rings. The molecule has 0 aliphatic carbocycles. The van der Waals surface area contributed by atoms with Crippen molar-refractivity contribution < 1.29 is 38.0 Å². The van der Waals surface area contributed by atoms with Crippen LogP contribution in [0.25, 0.3) is 0 Å². The lowest BCUT2D eigenvalue weighted by atomic mass is 10.1. The van der Waals surface area contributed by atoms with Crippen LogP contribution in [-0.2, 0) is 38.0 Å². The van der Waals surface area contributed by atoms with Crippen molar-refractivity contribution in [1.29, 1.82) is 0 Å². The van der Waals surface area contributed by atoms with Gasteiger partial charge in [0.1, 0.15) is 0 Å². The van der Waals surface area contributed by atoms with Gasteiger partial charge in [-0.15, -0.1) is 0 Å². The van der Waals surface area contributed by atoms with E-state index in [2.05, 4.69) is 32.7 Å². The Morgan fingerprint density at radius 2 is 1.06 bits per heavy atom. The number of carbonyl (C=O) groups is 1. The molecule has 0 saturated heterocycles. The maximum absolute atomic E-state index is 10.9. The van der Waals surface area contributed by atoms with Crippen LogP contribution < -0.4 is 5.32 Å². The molecule has 0 radical (unpaired) electrons. The van der Waals surface area contributed by atoms with E-state index in [0.717, 1.165) is 6.42 Å². The van der Waals surface area contributed by atoms with Crippen LogP contribution in [0.5, 0.6) is 0 Å². The van der Waals surface area contributed by atoms with Crippen LogP contribution >= 0.6 is 0 Å². The Labute approximate surface area is 194 Å². The van der Waals surface area contributed by atoms with Crippen LogP contribution in [0.3, 0.4) is 0 Å². The number of hydrogen-bond acceptors (Lipinski definition) is 8. The van der Waals surface area contributed by atoms with Gasteiger partial charge in [0.2, 0.25) is 5.91 Å². The zero-order chi connectivity index (χ0) is 23.7. The van der Waals surface area contributed by atoms with E-state index in [1.54, 1.807) is 0 Å². The maximum Gasteiger partial charge on any atom is 0.243 e. The molecule has 0 aromatic heterocycles. The molecule has 0 bridgehead atoms. The fourth-order valence-electron chi connectivity index (χ4n) is 2.56. The molecule has 1 amide bonds. The summed E-state index contributed by atoms with van der Waals surface area (Å²) in [5.41, 5.74) is 0. The minimum atomic E-state index is -0.202. The standard InChI is InChI=1S/C23H45NO8/c1-5-23(25)24-6-7-26-8-9-27-10-11-28-12-13-29-14-15-30-16-17-31-18-19-32-22(4)20-21(2)3/h5,21-22H,1,6-20H2,2-4H3,(H,24,25). The minimum absolute atomic E-state index is 0.202. The lowest BCUT2D eigenvalue weighted by Crippen LogP contribution is -2.25. The van der Waals surface area contributed by atoms with Gasteiger partial charge < -0.3 is 38.5 Å². The number of amides is 1. The summed E-state index contributed by atoms with van der Waals surface area (Å²) in [6.07, 6.45) is 2.57. The van der Waals surface area contributed by atoms with E-state index in [4.69, 9.17) is 33.2 Å². The highest BCUT2D eigenvalue weighted by Gasteiger charge is 2.04. The van der Waals surface area contributed by atoms with Gasteiger partial charge in [0, 0.05) is 6.54 Å². The fraction of sp³-hybridized carbons (Fsp3) is 0.870. The van der Waals surface area contributed by atoms with Gasteiger partial charge in [0.05, 0.1) is 92.0 Å². The third kappa shape index (κ3) is 25.2. The van der Waals surface area contributed by atoms with Gasteiger partial charge in [-0.2, -0.15) is 0 Å². The van der Waals surface area contributed by atoms with Crippen LogP contribution in [0.1, 0.15) is 27.2 Å². The SMILES string of the molecule is C=CC(=O)NCCOCCOCCOCCOCCOCCOCCOC(C)CC(C)C. The van der Waals surface area contributed by atoms with E-state index < -0.39 is 0 Å². The number of rotatable bonds is 25. The van der Waals surface area contributed by atoms with Gasteiger partial charge >= 0.3 is 0 Å². The first-order valence-corrected chi connectivity index (χ1v) is 11.5. The fourth-order valence-corrected chi connectivity index (χ4v) is 2.56. The van der Waals surface area contributed by atoms with Crippen LogP contribution in [-0.4, -0.2) is 104 Å². The summed E-state index contributed by atoms with van der Waals surface area (Å²) >= 11 is 0. The first-order valence-electron chi connectivity index (χ1n) is 11.5. The van der Waals surface area contributed by atoms with Gasteiger partial charge in [-0.05, 0) is 25.3 Å². The highest BCUT2D eigenvalue weighted by Crippen LogP contribution is 2.06. The van der Waals surface area contributed by atoms with Crippen molar-refractivity contribution in [3.8, 4) is 0 Å². The Kier molecular flexibility index (Phi) is 23.7. The third-order valence-corrected chi connectivity index (χ3v) is 4.02. The topological polar surface area (TPSA) is 93.7 Å². The molecule has 0 spiro atoms. The van der Waals surface area contributed by atoms with Crippen molar-refractivity contribution in [2.75, 3.05) is 92.4 Å². The minimum Gasteiger partial charge on any atom is -0.377 e. The molecule has 0 aliphatic heterocycles. The lowest BCUT2D eigenvalue weighted by Gasteiger charge is -2.15. The Morgan fingerprint density at radius 3 is 1.44 bits per heavy atom. The van der Waals surface area contributed by atoms with Crippen molar-refractivity contribution in [3.63, 3.8) is 0 Å². The lowest BCUT2D eigenvalue weighted by molar-refractivity contribution is -0.116. The van der Waals surface area contributed by atoms with Crippen LogP contribution in [0.15, 0.2) is 12.7 Å². The molecule has 9 heteroatoms. The Balaban J connectivity index is 3.09. The Hall–Kier alpha value is -1.07. The average Bonchev–Trinajstić information content (AvgIpc) is 2.76. The summed E-state index contributed by atoms with van der Waals surface area (Å²) in [6, 6.07) is 0. The van der Waals surface area contributed by atoms with Crippen LogP contribution in [0.2, 0.25) is 0 Å². The molecule has 0 aromatic carbocycles. The molecule has 0 heterocycles. The van der Waals surface area contributed by atoms with E-state index in [0.29, 0.717) is 98.4 Å². The van der Waals surface area contributed by atoms with Crippen molar-refractivity contribution in [2.24, 2.45) is 5.92 Å². The second-order valence-corrected chi connectivity index (χ2v) is 7.48. The summed E-state index contributed by atoms with van der Waals surface area (Å²) in [7, 11) is 0. The summed E-state index contributed by atoms with van der Waals surface area (Å²) in [5.74, 6) is 0.446. The Bertz CT molecular complexity index is 423. The molecule has 1 N–H and O–H groups in total. The van der Waals surface area contributed by atoms with E-state index in [-0.39, 0.29) is 12.0 Å². The van der Waals surface area contributed by atoms with Crippen molar-refractivity contribution in [1.82, 2.24) is 5.32 Å². The molecule has 0 rings (SSSR count). The van der Waals surface area contributed by atoms with E-state index in [1.165, 1.54) is 6.08 Å². The molecular formula is C23H45NO8.